The van der Waals surface area contributed by atoms with E-state index in [1.807, 2.05) is 46.4 Å². The molecule has 3 amide bonds. The number of nitrogens with one attached hydrogen (secondary N) is 1. The first kappa shape index (κ1) is 24.4. The molecule has 8 heteroatoms. The van der Waals surface area contributed by atoms with Gasteiger partial charge < -0.3 is 19.9 Å². The topological polar surface area (TPSA) is 82.2 Å². The first-order valence-electron chi connectivity index (χ1n) is 11.1. The zero-order valence-corrected chi connectivity index (χ0v) is 19.6. The highest BCUT2D eigenvalue weighted by Gasteiger charge is 2.33. The third-order valence-corrected chi connectivity index (χ3v) is 5.47. The Kier molecular flexibility index (Phi) is 8.13. The van der Waals surface area contributed by atoms with Crippen LogP contribution in [0.4, 0.5) is 4.79 Å². The molecule has 8 nitrogen and oxygen atoms in total. The first-order valence-corrected chi connectivity index (χ1v) is 11.1. The van der Waals surface area contributed by atoms with Gasteiger partial charge in [-0.15, -0.1) is 0 Å². The molecule has 0 aromatic carbocycles. The molecule has 0 saturated carbocycles. The minimum Gasteiger partial charge on any atom is -0.444 e. The molecule has 0 aromatic heterocycles. The summed E-state index contributed by atoms with van der Waals surface area (Å²) in [6.07, 6.45) is 1.43. The fraction of sp³-hybridized carbons (Fsp3) is 0.864. The summed E-state index contributed by atoms with van der Waals surface area (Å²) < 4.78 is 5.42. The lowest BCUT2D eigenvalue weighted by atomic mass is 9.91. The van der Waals surface area contributed by atoms with E-state index in [0.717, 1.165) is 39.0 Å². The summed E-state index contributed by atoms with van der Waals surface area (Å²) in [6, 6.07) is 0. The summed E-state index contributed by atoms with van der Waals surface area (Å²) in [6.45, 7) is 16.8. The Morgan fingerprint density at radius 2 is 1.57 bits per heavy atom. The van der Waals surface area contributed by atoms with Gasteiger partial charge in [0.1, 0.15) is 5.60 Å². The minimum absolute atomic E-state index is 0.0359. The van der Waals surface area contributed by atoms with Crippen molar-refractivity contribution in [1.82, 2.24) is 20.0 Å². The van der Waals surface area contributed by atoms with Crippen LogP contribution in [0.2, 0.25) is 0 Å². The quantitative estimate of drug-likeness (QED) is 0.746. The average molecular weight is 425 g/mol. The van der Waals surface area contributed by atoms with E-state index in [2.05, 4.69) is 10.2 Å². The molecule has 2 heterocycles. The Labute approximate surface area is 181 Å². The number of carbonyl (C=O) groups is 3. The van der Waals surface area contributed by atoms with Gasteiger partial charge in [0.05, 0.1) is 5.92 Å². The number of piperazine rings is 1. The van der Waals surface area contributed by atoms with Crippen LogP contribution < -0.4 is 5.32 Å². The number of hydrogen-bond acceptors (Lipinski definition) is 5. The normalized spacial score (nSPS) is 21.3. The van der Waals surface area contributed by atoms with Crippen molar-refractivity contribution in [1.29, 1.82) is 0 Å². The van der Waals surface area contributed by atoms with Gasteiger partial charge in [-0.25, -0.2) is 4.79 Å². The van der Waals surface area contributed by atoms with Gasteiger partial charge in [-0.3, -0.25) is 14.5 Å². The Hall–Kier alpha value is -1.83. The second-order valence-corrected chi connectivity index (χ2v) is 10.4. The molecule has 0 aliphatic carbocycles. The predicted molar refractivity (Wildman–Crippen MR) is 116 cm³/mol. The van der Waals surface area contributed by atoms with E-state index in [9.17, 15) is 14.4 Å². The highest BCUT2D eigenvalue weighted by molar-refractivity contribution is 5.83. The van der Waals surface area contributed by atoms with E-state index in [0.29, 0.717) is 26.2 Å². The fourth-order valence-corrected chi connectivity index (χ4v) is 3.81. The van der Waals surface area contributed by atoms with Crippen LogP contribution in [0.25, 0.3) is 0 Å². The molecule has 2 aliphatic heterocycles. The maximum absolute atomic E-state index is 12.6. The van der Waals surface area contributed by atoms with E-state index in [4.69, 9.17) is 4.74 Å². The second-order valence-electron chi connectivity index (χ2n) is 10.4. The fourth-order valence-electron chi connectivity index (χ4n) is 3.81. The third-order valence-electron chi connectivity index (χ3n) is 5.47. The molecular weight excluding hydrogens is 384 g/mol. The number of rotatable bonds is 4. The summed E-state index contributed by atoms with van der Waals surface area (Å²) in [5.74, 6) is 0.0192. The van der Waals surface area contributed by atoms with Crippen molar-refractivity contribution in [3.05, 3.63) is 0 Å². The molecule has 30 heavy (non-hydrogen) atoms. The van der Waals surface area contributed by atoms with E-state index in [1.54, 1.807) is 4.90 Å². The molecule has 1 atom stereocenters. The zero-order chi connectivity index (χ0) is 22.5. The van der Waals surface area contributed by atoms with E-state index in [-0.39, 0.29) is 23.8 Å². The number of likely N-dealkylation sites (tertiary alicyclic amines) is 1. The number of piperidine rings is 1. The SMILES string of the molecule is CC(C)(C)OC(=O)N1CCN(CCNC(=O)C2CCCN(C(=O)C(C)(C)C)C2)CC1. The van der Waals surface area contributed by atoms with Gasteiger partial charge in [-0.05, 0) is 33.6 Å². The van der Waals surface area contributed by atoms with Crippen LogP contribution in [-0.2, 0) is 14.3 Å². The molecule has 0 aromatic rings. The summed E-state index contributed by atoms with van der Waals surface area (Å²) in [5, 5.41) is 3.04. The summed E-state index contributed by atoms with van der Waals surface area (Å²) in [7, 11) is 0. The summed E-state index contributed by atoms with van der Waals surface area (Å²) in [5.41, 5.74) is -0.898. The molecule has 2 fully saturated rings. The monoisotopic (exact) mass is 424 g/mol. The molecule has 172 valence electrons. The molecule has 1 unspecified atom stereocenters. The van der Waals surface area contributed by atoms with Crippen molar-refractivity contribution in [3.63, 3.8) is 0 Å². The van der Waals surface area contributed by atoms with Crippen molar-refractivity contribution < 1.29 is 19.1 Å². The Morgan fingerprint density at radius 3 is 2.13 bits per heavy atom. The molecule has 2 rings (SSSR count). The average Bonchev–Trinajstić information content (AvgIpc) is 2.66. The van der Waals surface area contributed by atoms with Crippen molar-refractivity contribution in [2.75, 3.05) is 52.4 Å². The van der Waals surface area contributed by atoms with Crippen molar-refractivity contribution in [2.45, 2.75) is 60.0 Å². The largest absolute Gasteiger partial charge is 0.444 e. The van der Waals surface area contributed by atoms with Gasteiger partial charge in [0.15, 0.2) is 0 Å². The number of hydrogen-bond donors (Lipinski definition) is 1. The van der Waals surface area contributed by atoms with Crippen LogP contribution in [-0.4, -0.2) is 90.6 Å². The molecule has 0 radical (unpaired) electrons. The molecular formula is C22H40N4O4. The Bertz CT molecular complexity index is 616. The molecule has 2 aliphatic rings. The second kappa shape index (κ2) is 9.98. The maximum Gasteiger partial charge on any atom is 0.410 e. The van der Waals surface area contributed by atoms with E-state index >= 15 is 0 Å². The van der Waals surface area contributed by atoms with E-state index in [1.165, 1.54) is 0 Å². The number of ether oxygens (including phenoxy) is 1. The van der Waals surface area contributed by atoms with Crippen molar-refractivity contribution in [2.24, 2.45) is 11.3 Å². The third kappa shape index (κ3) is 7.45. The molecule has 0 spiro atoms. The van der Waals surface area contributed by atoms with Crippen LogP contribution >= 0.6 is 0 Å². The van der Waals surface area contributed by atoms with Crippen LogP contribution in [0.15, 0.2) is 0 Å². The molecule has 0 bridgehead atoms. The number of amides is 3. The van der Waals surface area contributed by atoms with Crippen molar-refractivity contribution in [3.8, 4) is 0 Å². The lowest BCUT2D eigenvalue weighted by molar-refractivity contribution is -0.142. The van der Waals surface area contributed by atoms with Crippen LogP contribution in [0.3, 0.4) is 0 Å². The number of nitrogens with zero attached hydrogens (tertiary/aromatic N) is 3. The van der Waals surface area contributed by atoms with E-state index < -0.39 is 11.0 Å². The van der Waals surface area contributed by atoms with Gasteiger partial charge in [0.25, 0.3) is 0 Å². The molecule has 2 saturated heterocycles. The standard InChI is InChI=1S/C22H40N4O4/c1-21(2,3)19(28)26-10-7-8-17(16-26)18(27)23-9-11-24-12-14-25(15-13-24)20(29)30-22(4,5)6/h17H,7-16H2,1-6H3,(H,23,27). The maximum atomic E-state index is 12.6. The van der Waals surface area contributed by atoms with Gasteiger partial charge in [-0.1, -0.05) is 20.8 Å². The number of carbonyl (C=O) groups excluding carboxylic acids is 3. The first-order chi connectivity index (χ1) is 13.9. The molecule has 1 N–H and O–H groups in total. The lowest BCUT2D eigenvalue weighted by Crippen LogP contribution is -2.52. The van der Waals surface area contributed by atoms with Gasteiger partial charge in [0.2, 0.25) is 11.8 Å². The summed E-state index contributed by atoms with van der Waals surface area (Å²) in [4.78, 5) is 43.1. The minimum atomic E-state index is -0.481. The highest BCUT2D eigenvalue weighted by Crippen LogP contribution is 2.23. The van der Waals surface area contributed by atoms with Gasteiger partial charge in [0, 0.05) is 57.8 Å². The van der Waals surface area contributed by atoms with Crippen LogP contribution in [0.5, 0.6) is 0 Å². The Morgan fingerprint density at radius 1 is 0.933 bits per heavy atom. The van der Waals surface area contributed by atoms with Crippen LogP contribution in [0.1, 0.15) is 54.4 Å². The Balaban J connectivity index is 1.69. The van der Waals surface area contributed by atoms with Gasteiger partial charge in [-0.2, -0.15) is 0 Å². The van der Waals surface area contributed by atoms with Crippen LogP contribution in [0, 0.1) is 11.3 Å². The zero-order valence-electron chi connectivity index (χ0n) is 19.6. The summed E-state index contributed by atoms with van der Waals surface area (Å²) >= 11 is 0. The van der Waals surface area contributed by atoms with Gasteiger partial charge >= 0.3 is 6.09 Å². The lowest BCUT2D eigenvalue weighted by Gasteiger charge is -2.36. The smallest absolute Gasteiger partial charge is 0.410 e. The predicted octanol–water partition coefficient (Wildman–Crippen LogP) is 1.94. The highest BCUT2D eigenvalue weighted by atomic mass is 16.6. The van der Waals surface area contributed by atoms with Crippen molar-refractivity contribution >= 4 is 17.9 Å².